The van der Waals surface area contributed by atoms with Gasteiger partial charge in [-0.05, 0) is 42.5 Å². The second-order valence-electron chi connectivity index (χ2n) is 6.89. The van der Waals surface area contributed by atoms with Crippen LogP contribution in [0.5, 0.6) is 0 Å². The standard InChI is InChI=1S/C20H18BrN5O3/c1-11(27)22-14-3-5-15(6-4-14)23-20(29)12-8-18(28)26(10-12)19-16-7-2-13(21)9-17(16)24-25-19/h2-7,9,12H,8,10H2,1H3,(H,22,27)(H,23,29)(H,24,25)/t12-/m1/s1. The van der Waals surface area contributed by atoms with Crippen molar-refractivity contribution in [2.45, 2.75) is 13.3 Å². The molecule has 0 saturated carbocycles. The Morgan fingerprint density at radius 3 is 2.52 bits per heavy atom. The average molecular weight is 456 g/mol. The molecule has 0 spiro atoms. The van der Waals surface area contributed by atoms with Gasteiger partial charge in [-0.1, -0.05) is 15.9 Å². The van der Waals surface area contributed by atoms with E-state index in [-0.39, 0.29) is 30.7 Å². The third-order valence-electron chi connectivity index (χ3n) is 4.73. The zero-order valence-corrected chi connectivity index (χ0v) is 17.1. The van der Waals surface area contributed by atoms with Gasteiger partial charge in [-0.25, -0.2) is 0 Å². The van der Waals surface area contributed by atoms with E-state index < -0.39 is 5.92 Å². The summed E-state index contributed by atoms with van der Waals surface area (Å²) in [5, 5.41) is 13.5. The number of fused-ring (bicyclic) bond motifs is 1. The van der Waals surface area contributed by atoms with Gasteiger partial charge in [-0.3, -0.25) is 24.4 Å². The van der Waals surface area contributed by atoms with Crippen LogP contribution >= 0.6 is 15.9 Å². The SMILES string of the molecule is CC(=O)Nc1ccc(NC(=O)[C@@H]2CC(=O)N(c3n[nH]c4cc(Br)ccc34)C2)cc1. The van der Waals surface area contributed by atoms with E-state index in [1.807, 2.05) is 18.2 Å². The average Bonchev–Trinajstić information content (AvgIpc) is 3.25. The van der Waals surface area contributed by atoms with E-state index in [4.69, 9.17) is 0 Å². The van der Waals surface area contributed by atoms with Gasteiger partial charge in [0.2, 0.25) is 17.7 Å². The fourth-order valence-electron chi connectivity index (χ4n) is 3.36. The number of H-pyrrole nitrogens is 1. The van der Waals surface area contributed by atoms with Crippen molar-refractivity contribution in [3.05, 3.63) is 46.9 Å². The van der Waals surface area contributed by atoms with Gasteiger partial charge in [0.25, 0.3) is 0 Å². The molecule has 1 aromatic heterocycles. The number of aromatic nitrogens is 2. The van der Waals surface area contributed by atoms with Crippen LogP contribution in [-0.4, -0.2) is 34.5 Å². The van der Waals surface area contributed by atoms with Crippen LogP contribution < -0.4 is 15.5 Å². The maximum atomic E-state index is 12.7. The molecule has 1 saturated heterocycles. The number of hydrogen-bond acceptors (Lipinski definition) is 4. The highest BCUT2D eigenvalue weighted by molar-refractivity contribution is 9.10. The molecule has 0 aliphatic carbocycles. The normalized spacial score (nSPS) is 16.3. The molecule has 1 fully saturated rings. The van der Waals surface area contributed by atoms with E-state index >= 15 is 0 Å². The van der Waals surface area contributed by atoms with Gasteiger partial charge in [0.1, 0.15) is 0 Å². The van der Waals surface area contributed by atoms with Gasteiger partial charge in [0, 0.05) is 41.1 Å². The van der Waals surface area contributed by atoms with E-state index in [1.165, 1.54) is 6.92 Å². The second-order valence-corrected chi connectivity index (χ2v) is 7.81. The molecule has 2 aromatic carbocycles. The molecule has 1 aliphatic rings. The molecule has 3 N–H and O–H groups in total. The number of carbonyl (C=O) groups is 3. The lowest BCUT2D eigenvalue weighted by molar-refractivity contribution is -0.122. The number of hydrogen-bond donors (Lipinski definition) is 3. The molecule has 0 bridgehead atoms. The van der Waals surface area contributed by atoms with Crippen molar-refractivity contribution in [2.75, 3.05) is 22.1 Å². The lowest BCUT2D eigenvalue weighted by Gasteiger charge is -2.14. The van der Waals surface area contributed by atoms with Crippen molar-refractivity contribution in [2.24, 2.45) is 5.92 Å². The summed E-state index contributed by atoms with van der Waals surface area (Å²) in [6, 6.07) is 12.5. The Hall–Kier alpha value is -3.20. The number of halogens is 1. The highest BCUT2D eigenvalue weighted by atomic mass is 79.9. The molecule has 3 amide bonds. The molecule has 1 aliphatic heterocycles. The number of carbonyl (C=O) groups excluding carboxylic acids is 3. The number of nitrogens with one attached hydrogen (secondary N) is 3. The number of benzene rings is 2. The molecule has 148 valence electrons. The lowest BCUT2D eigenvalue weighted by Crippen LogP contribution is -2.28. The van der Waals surface area contributed by atoms with Gasteiger partial charge >= 0.3 is 0 Å². The van der Waals surface area contributed by atoms with Crippen LogP contribution in [0.3, 0.4) is 0 Å². The Morgan fingerprint density at radius 2 is 1.83 bits per heavy atom. The number of amides is 3. The number of anilines is 3. The van der Waals surface area contributed by atoms with Crippen LogP contribution in [0.4, 0.5) is 17.2 Å². The zero-order chi connectivity index (χ0) is 20.5. The first-order chi connectivity index (χ1) is 13.9. The molecule has 4 rings (SSSR count). The molecule has 1 atom stereocenters. The highest BCUT2D eigenvalue weighted by Gasteiger charge is 2.36. The van der Waals surface area contributed by atoms with Crippen LogP contribution in [-0.2, 0) is 14.4 Å². The molecular weight excluding hydrogens is 438 g/mol. The van der Waals surface area contributed by atoms with Gasteiger partial charge in [0.15, 0.2) is 5.82 Å². The Balaban J connectivity index is 1.45. The van der Waals surface area contributed by atoms with E-state index in [0.717, 1.165) is 15.4 Å². The molecule has 8 nitrogen and oxygen atoms in total. The van der Waals surface area contributed by atoms with Crippen LogP contribution in [0.2, 0.25) is 0 Å². The van der Waals surface area contributed by atoms with Crippen LogP contribution in [0, 0.1) is 5.92 Å². The van der Waals surface area contributed by atoms with Gasteiger partial charge in [0.05, 0.1) is 11.4 Å². The summed E-state index contributed by atoms with van der Waals surface area (Å²) in [4.78, 5) is 37.8. The Bertz CT molecular complexity index is 1110. The van der Waals surface area contributed by atoms with E-state index in [1.54, 1.807) is 29.2 Å². The number of nitrogens with zero attached hydrogens (tertiary/aromatic N) is 2. The van der Waals surface area contributed by atoms with Crippen LogP contribution in [0.25, 0.3) is 10.9 Å². The first kappa shape index (κ1) is 19.1. The third-order valence-corrected chi connectivity index (χ3v) is 5.22. The summed E-state index contributed by atoms with van der Waals surface area (Å²) < 4.78 is 0.912. The topological polar surface area (TPSA) is 107 Å². The van der Waals surface area contributed by atoms with E-state index in [9.17, 15) is 14.4 Å². The highest BCUT2D eigenvalue weighted by Crippen LogP contribution is 2.31. The minimum Gasteiger partial charge on any atom is -0.326 e. The maximum Gasteiger partial charge on any atom is 0.229 e. The predicted octanol–water partition coefficient (Wildman–Crippen LogP) is 3.28. The molecule has 2 heterocycles. The van der Waals surface area contributed by atoms with Gasteiger partial charge in [-0.2, -0.15) is 5.10 Å². The molecule has 3 aromatic rings. The minimum absolute atomic E-state index is 0.126. The summed E-state index contributed by atoms with van der Waals surface area (Å²) in [5.74, 6) is -0.463. The van der Waals surface area contributed by atoms with Crippen molar-refractivity contribution in [3.8, 4) is 0 Å². The van der Waals surface area contributed by atoms with E-state index in [0.29, 0.717) is 17.2 Å². The molecule has 9 heteroatoms. The van der Waals surface area contributed by atoms with Crippen molar-refractivity contribution < 1.29 is 14.4 Å². The predicted molar refractivity (Wildman–Crippen MR) is 114 cm³/mol. The Labute approximate surface area is 174 Å². The minimum atomic E-state index is -0.472. The Morgan fingerprint density at radius 1 is 1.14 bits per heavy atom. The zero-order valence-electron chi connectivity index (χ0n) is 15.5. The van der Waals surface area contributed by atoms with Crippen molar-refractivity contribution in [1.82, 2.24) is 10.2 Å². The van der Waals surface area contributed by atoms with Gasteiger partial charge in [-0.15, -0.1) is 0 Å². The Kier molecular flexibility index (Phi) is 5.06. The quantitative estimate of drug-likeness (QED) is 0.560. The molecule has 29 heavy (non-hydrogen) atoms. The maximum absolute atomic E-state index is 12.7. The molecule has 0 unspecified atom stereocenters. The largest absolute Gasteiger partial charge is 0.326 e. The van der Waals surface area contributed by atoms with E-state index in [2.05, 4.69) is 36.8 Å². The first-order valence-corrected chi connectivity index (χ1v) is 9.82. The van der Waals surface area contributed by atoms with Gasteiger partial charge < -0.3 is 10.6 Å². The monoisotopic (exact) mass is 455 g/mol. The summed E-state index contributed by atoms with van der Waals surface area (Å²) in [7, 11) is 0. The third kappa shape index (κ3) is 4.00. The first-order valence-electron chi connectivity index (χ1n) is 9.03. The fraction of sp³-hybridized carbons (Fsp3) is 0.200. The summed E-state index contributed by atoms with van der Waals surface area (Å²) in [5.41, 5.74) is 2.06. The molecule has 0 radical (unpaired) electrons. The van der Waals surface area contributed by atoms with Crippen molar-refractivity contribution in [1.29, 1.82) is 0 Å². The smallest absolute Gasteiger partial charge is 0.229 e. The summed E-state index contributed by atoms with van der Waals surface area (Å²) in [6.45, 7) is 1.70. The fourth-order valence-corrected chi connectivity index (χ4v) is 3.72. The number of rotatable bonds is 4. The lowest BCUT2D eigenvalue weighted by atomic mass is 10.1. The van der Waals surface area contributed by atoms with Crippen molar-refractivity contribution >= 4 is 61.7 Å². The van der Waals surface area contributed by atoms with Crippen molar-refractivity contribution in [3.63, 3.8) is 0 Å². The van der Waals surface area contributed by atoms with Crippen LogP contribution in [0.15, 0.2) is 46.9 Å². The summed E-state index contributed by atoms with van der Waals surface area (Å²) >= 11 is 3.41. The second kappa shape index (κ2) is 7.67. The number of aromatic amines is 1. The van der Waals surface area contributed by atoms with Crippen LogP contribution in [0.1, 0.15) is 13.3 Å². The molecular formula is C20H18BrN5O3. The summed E-state index contributed by atoms with van der Waals surface area (Å²) in [6.07, 6.45) is 0.126.